The Kier molecular flexibility index (Phi) is 3.47. The fourth-order valence-corrected chi connectivity index (χ4v) is 1.11. The lowest BCUT2D eigenvalue weighted by molar-refractivity contribution is 0.181. The molecule has 0 unspecified atom stereocenters. The molecule has 0 radical (unpaired) electrons. The molecule has 1 aromatic rings. The monoisotopic (exact) mass is 186 g/mol. The minimum atomic E-state index is -0.129. The standard InChI is InChI=1S/C8H11ClN2O/c1-12-5-7(10)6-2-3-11-8(9)4-6/h2-4,7H,5,10H2,1H3/t7-/m0/s1. The van der Waals surface area contributed by atoms with Crippen molar-refractivity contribution in [2.45, 2.75) is 6.04 Å². The van der Waals surface area contributed by atoms with Gasteiger partial charge in [0.1, 0.15) is 5.15 Å². The molecular formula is C8H11ClN2O. The van der Waals surface area contributed by atoms with E-state index in [1.54, 1.807) is 19.4 Å². The van der Waals surface area contributed by atoms with E-state index >= 15 is 0 Å². The highest BCUT2D eigenvalue weighted by molar-refractivity contribution is 6.29. The number of hydrogen-bond acceptors (Lipinski definition) is 3. The van der Waals surface area contributed by atoms with Crippen molar-refractivity contribution in [3.8, 4) is 0 Å². The number of ether oxygens (including phenoxy) is 1. The topological polar surface area (TPSA) is 48.1 Å². The molecule has 0 aliphatic carbocycles. The summed E-state index contributed by atoms with van der Waals surface area (Å²) in [6.07, 6.45) is 1.63. The predicted molar refractivity (Wildman–Crippen MR) is 48.1 cm³/mol. The van der Waals surface area contributed by atoms with E-state index in [9.17, 15) is 0 Å². The Balaban J connectivity index is 2.73. The van der Waals surface area contributed by atoms with Crippen LogP contribution in [0.15, 0.2) is 18.3 Å². The molecule has 2 N–H and O–H groups in total. The van der Waals surface area contributed by atoms with Gasteiger partial charge in [0.05, 0.1) is 12.6 Å². The van der Waals surface area contributed by atoms with Gasteiger partial charge in [-0.25, -0.2) is 4.98 Å². The zero-order valence-corrected chi connectivity index (χ0v) is 7.58. The Bertz CT molecular complexity index is 255. The third kappa shape index (κ3) is 2.44. The second kappa shape index (κ2) is 4.40. The van der Waals surface area contributed by atoms with Crippen LogP contribution < -0.4 is 5.73 Å². The van der Waals surface area contributed by atoms with E-state index in [4.69, 9.17) is 22.1 Å². The summed E-state index contributed by atoms with van der Waals surface area (Å²) in [6, 6.07) is 3.44. The van der Waals surface area contributed by atoms with Crippen LogP contribution in [-0.4, -0.2) is 18.7 Å². The molecule has 0 saturated heterocycles. The average Bonchev–Trinajstić information content (AvgIpc) is 2.05. The molecule has 0 aromatic carbocycles. The molecule has 12 heavy (non-hydrogen) atoms. The third-order valence-corrected chi connectivity index (χ3v) is 1.73. The lowest BCUT2D eigenvalue weighted by atomic mass is 10.1. The molecule has 0 spiro atoms. The maximum Gasteiger partial charge on any atom is 0.129 e. The normalized spacial score (nSPS) is 12.9. The second-order valence-corrected chi connectivity index (χ2v) is 2.86. The number of rotatable bonds is 3. The second-order valence-electron chi connectivity index (χ2n) is 2.47. The molecule has 0 saturated carbocycles. The highest BCUT2D eigenvalue weighted by atomic mass is 35.5. The predicted octanol–water partition coefficient (Wildman–Crippen LogP) is 1.38. The number of halogens is 1. The quantitative estimate of drug-likeness (QED) is 0.726. The number of nitrogens with zero attached hydrogens (tertiary/aromatic N) is 1. The zero-order valence-electron chi connectivity index (χ0n) is 6.83. The van der Waals surface area contributed by atoms with Crippen LogP contribution in [0.1, 0.15) is 11.6 Å². The van der Waals surface area contributed by atoms with Gasteiger partial charge in [0, 0.05) is 13.3 Å². The van der Waals surface area contributed by atoms with Crippen molar-refractivity contribution in [1.29, 1.82) is 0 Å². The van der Waals surface area contributed by atoms with Gasteiger partial charge < -0.3 is 10.5 Å². The molecule has 4 heteroatoms. The fraction of sp³-hybridized carbons (Fsp3) is 0.375. The molecule has 3 nitrogen and oxygen atoms in total. The number of pyridine rings is 1. The summed E-state index contributed by atoms with van der Waals surface area (Å²) in [5.74, 6) is 0. The molecule has 0 aliphatic rings. The molecule has 0 aliphatic heterocycles. The Morgan fingerprint density at radius 1 is 1.75 bits per heavy atom. The van der Waals surface area contributed by atoms with E-state index in [-0.39, 0.29) is 6.04 Å². The number of aromatic nitrogens is 1. The van der Waals surface area contributed by atoms with Gasteiger partial charge in [-0.3, -0.25) is 0 Å². The molecule has 66 valence electrons. The van der Waals surface area contributed by atoms with E-state index in [0.717, 1.165) is 5.56 Å². The van der Waals surface area contributed by atoms with E-state index in [0.29, 0.717) is 11.8 Å². The zero-order chi connectivity index (χ0) is 8.97. The molecule has 1 atom stereocenters. The number of nitrogens with two attached hydrogens (primary N) is 1. The van der Waals surface area contributed by atoms with Crippen molar-refractivity contribution < 1.29 is 4.74 Å². The lowest BCUT2D eigenvalue weighted by Gasteiger charge is -2.09. The van der Waals surface area contributed by atoms with E-state index in [1.807, 2.05) is 6.07 Å². The summed E-state index contributed by atoms with van der Waals surface area (Å²) >= 11 is 5.68. The first-order valence-corrected chi connectivity index (χ1v) is 3.98. The summed E-state index contributed by atoms with van der Waals surface area (Å²) in [5.41, 5.74) is 6.70. The molecule has 0 bridgehead atoms. The van der Waals surface area contributed by atoms with Gasteiger partial charge in [-0.2, -0.15) is 0 Å². The molecule has 1 aromatic heterocycles. The maximum absolute atomic E-state index is 5.76. The minimum absolute atomic E-state index is 0.129. The van der Waals surface area contributed by atoms with E-state index in [1.165, 1.54) is 0 Å². The Hall–Kier alpha value is -0.640. The lowest BCUT2D eigenvalue weighted by Crippen LogP contribution is -2.15. The van der Waals surface area contributed by atoms with Gasteiger partial charge >= 0.3 is 0 Å². The van der Waals surface area contributed by atoms with Crippen LogP contribution in [0, 0.1) is 0 Å². The molecular weight excluding hydrogens is 176 g/mol. The summed E-state index contributed by atoms with van der Waals surface area (Å²) in [7, 11) is 1.61. The molecule has 1 heterocycles. The first-order chi connectivity index (χ1) is 5.74. The highest BCUT2D eigenvalue weighted by Crippen LogP contribution is 2.13. The third-order valence-electron chi connectivity index (χ3n) is 1.53. The van der Waals surface area contributed by atoms with Gasteiger partial charge in [0.15, 0.2) is 0 Å². The van der Waals surface area contributed by atoms with Crippen LogP contribution in [0.3, 0.4) is 0 Å². The summed E-state index contributed by atoms with van der Waals surface area (Å²) in [6.45, 7) is 0.486. The average molecular weight is 187 g/mol. The number of hydrogen-bond donors (Lipinski definition) is 1. The van der Waals surface area contributed by atoms with Gasteiger partial charge in [-0.15, -0.1) is 0 Å². The van der Waals surface area contributed by atoms with E-state index < -0.39 is 0 Å². The summed E-state index contributed by atoms with van der Waals surface area (Å²) < 4.78 is 4.91. The molecule has 1 rings (SSSR count). The van der Waals surface area contributed by atoms with Crippen LogP contribution >= 0.6 is 11.6 Å². The van der Waals surface area contributed by atoms with Gasteiger partial charge in [0.25, 0.3) is 0 Å². The SMILES string of the molecule is COC[C@H](N)c1ccnc(Cl)c1. The van der Waals surface area contributed by atoms with Crippen molar-refractivity contribution in [2.75, 3.05) is 13.7 Å². The van der Waals surface area contributed by atoms with E-state index in [2.05, 4.69) is 4.98 Å². The largest absolute Gasteiger partial charge is 0.383 e. The van der Waals surface area contributed by atoms with Gasteiger partial charge in [-0.05, 0) is 17.7 Å². The summed E-state index contributed by atoms with van der Waals surface area (Å²) in [4.78, 5) is 3.85. The van der Waals surface area contributed by atoms with Crippen molar-refractivity contribution in [3.63, 3.8) is 0 Å². The van der Waals surface area contributed by atoms with Gasteiger partial charge in [0.2, 0.25) is 0 Å². The van der Waals surface area contributed by atoms with Crippen molar-refractivity contribution in [3.05, 3.63) is 29.0 Å². The first kappa shape index (κ1) is 9.45. The first-order valence-electron chi connectivity index (χ1n) is 3.60. The van der Waals surface area contributed by atoms with Crippen molar-refractivity contribution in [2.24, 2.45) is 5.73 Å². The maximum atomic E-state index is 5.76. The smallest absolute Gasteiger partial charge is 0.129 e. The van der Waals surface area contributed by atoms with Crippen molar-refractivity contribution in [1.82, 2.24) is 4.98 Å². The Morgan fingerprint density at radius 2 is 2.50 bits per heavy atom. The molecule has 0 amide bonds. The molecule has 0 fully saturated rings. The van der Waals surface area contributed by atoms with Crippen LogP contribution in [0.4, 0.5) is 0 Å². The Labute approximate surface area is 76.5 Å². The van der Waals surface area contributed by atoms with Crippen LogP contribution in [0.2, 0.25) is 5.15 Å². The minimum Gasteiger partial charge on any atom is -0.383 e. The summed E-state index contributed by atoms with van der Waals surface area (Å²) in [5, 5.41) is 0.457. The fourth-order valence-electron chi connectivity index (χ4n) is 0.924. The highest BCUT2D eigenvalue weighted by Gasteiger charge is 2.05. The van der Waals surface area contributed by atoms with Crippen LogP contribution in [-0.2, 0) is 4.74 Å². The van der Waals surface area contributed by atoms with Crippen molar-refractivity contribution >= 4 is 11.6 Å². The van der Waals surface area contributed by atoms with Crippen LogP contribution in [0.25, 0.3) is 0 Å². The van der Waals surface area contributed by atoms with Gasteiger partial charge in [-0.1, -0.05) is 11.6 Å². The number of methoxy groups -OCH3 is 1. The van der Waals surface area contributed by atoms with Crippen LogP contribution in [0.5, 0.6) is 0 Å². The Morgan fingerprint density at radius 3 is 3.08 bits per heavy atom.